The molecule has 1 aliphatic carbocycles. The van der Waals surface area contributed by atoms with Crippen LogP contribution in [0.1, 0.15) is 41.4 Å². The van der Waals surface area contributed by atoms with Gasteiger partial charge in [0, 0.05) is 19.5 Å². The molecule has 10 heteroatoms. The van der Waals surface area contributed by atoms with E-state index >= 15 is 0 Å². The van der Waals surface area contributed by atoms with Crippen molar-refractivity contribution in [3.05, 3.63) is 71.5 Å². The highest BCUT2D eigenvalue weighted by atomic mass is 16.5. The fourth-order valence-corrected chi connectivity index (χ4v) is 4.00. The molecule has 3 aromatic rings. The Morgan fingerprint density at radius 2 is 1.69 bits per heavy atom. The Morgan fingerprint density at radius 3 is 2.29 bits per heavy atom. The van der Waals surface area contributed by atoms with Crippen molar-refractivity contribution >= 4 is 18.0 Å². The molecule has 182 valence electrons. The van der Waals surface area contributed by atoms with Gasteiger partial charge in [-0.15, -0.1) is 5.10 Å². The van der Waals surface area contributed by atoms with E-state index in [0.717, 1.165) is 27.2 Å². The van der Waals surface area contributed by atoms with Gasteiger partial charge < -0.3 is 20.1 Å². The van der Waals surface area contributed by atoms with Gasteiger partial charge in [0.1, 0.15) is 12.1 Å². The van der Waals surface area contributed by atoms with Gasteiger partial charge in [0.15, 0.2) is 5.69 Å². The number of aromatic nitrogens is 3. The number of carbonyl (C=O) groups excluding carboxylic acids is 2. The van der Waals surface area contributed by atoms with E-state index in [1.54, 1.807) is 0 Å². The summed E-state index contributed by atoms with van der Waals surface area (Å²) in [5.41, 5.74) is 3.21. The van der Waals surface area contributed by atoms with Gasteiger partial charge in [-0.05, 0) is 36.1 Å². The standard InChI is InChI=1S/C25H27N5O5/c1-25(2,23(32)33)29(3)22(31)21-14-30(28-27-21)13-12-26-24(34)35-15-20-18-10-6-4-8-16(18)17-9-5-7-11-19(17)20/h4-11,14,20H,12-13,15H2,1-3H3,(H,26,34)(H,32,33). The summed E-state index contributed by atoms with van der Waals surface area (Å²) in [5.74, 6) is -1.72. The zero-order valence-electron chi connectivity index (χ0n) is 19.8. The summed E-state index contributed by atoms with van der Waals surface area (Å²) in [4.78, 5) is 37.3. The molecule has 4 rings (SSSR count). The Bertz CT molecular complexity index is 1220. The lowest BCUT2D eigenvalue weighted by atomic mass is 9.98. The summed E-state index contributed by atoms with van der Waals surface area (Å²) in [6.45, 7) is 3.54. The Morgan fingerprint density at radius 1 is 1.09 bits per heavy atom. The van der Waals surface area contributed by atoms with Gasteiger partial charge in [0.05, 0.1) is 12.7 Å². The van der Waals surface area contributed by atoms with Crippen LogP contribution in [-0.4, -0.2) is 68.7 Å². The van der Waals surface area contributed by atoms with Gasteiger partial charge in [-0.2, -0.15) is 0 Å². The third-order valence-electron chi connectivity index (χ3n) is 6.38. The predicted molar refractivity (Wildman–Crippen MR) is 127 cm³/mol. The number of rotatable bonds is 8. The first-order valence-corrected chi connectivity index (χ1v) is 11.2. The van der Waals surface area contributed by atoms with E-state index in [0.29, 0.717) is 0 Å². The van der Waals surface area contributed by atoms with Gasteiger partial charge in [0.25, 0.3) is 5.91 Å². The van der Waals surface area contributed by atoms with Gasteiger partial charge in [0.2, 0.25) is 0 Å². The topological polar surface area (TPSA) is 127 Å². The Balaban J connectivity index is 1.28. The van der Waals surface area contributed by atoms with Crippen molar-refractivity contribution in [1.82, 2.24) is 25.2 Å². The first-order chi connectivity index (χ1) is 16.7. The first-order valence-electron chi connectivity index (χ1n) is 11.2. The average molecular weight is 478 g/mol. The fraction of sp³-hybridized carbons (Fsp3) is 0.320. The van der Waals surface area contributed by atoms with Crippen molar-refractivity contribution in [1.29, 1.82) is 0 Å². The third-order valence-corrected chi connectivity index (χ3v) is 6.38. The number of nitrogens with zero attached hydrogens (tertiary/aromatic N) is 4. The third kappa shape index (κ3) is 4.72. The zero-order chi connectivity index (χ0) is 25.2. The minimum Gasteiger partial charge on any atom is -0.480 e. The number of likely N-dealkylation sites (N-methyl/N-ethyl adjacent to an activating group) is 1. The van der Waals surface area contributed by atoms with E-state index in [9.17, 15) is 19.5 Å². The van der Waals surface area contributed by atoms with Crippen LogP contribution < -0.4 is 5.32 Å². The van der Waals surface area contributed by atoms with Crippen LogP contribution in [0.4, 0.5) is 4.79 Å². The summed E-state index contributed by atoms with van der Waals surface area (Å²) < 4.78 is 6.90. The highest BCUT2D eigenvalue weighted by molar-refractivity contribution is 5.95. The van der Waals surface area contributed by atoms with Crippen LogP contribution in [0, 0.1) is 0 Å². The van der Waals surface area contributed by atoms with E-state index in [1.807, 2.05) is 24.3 Å². The average Bonchev–Trinajstić information content (AvgIpc) is 3.44. The number of carbonyl (C=O) groups is 3. The van der Waals surface area contributed by atoms with Crippen LogP contribution in [0.3, 0.4) is 0 Å². The molecule has 0 bridgehead atoms. The molecule has 0 saturated heterocycles. The van der Waals surface area contributed by atoms with E-state index in [1.165, 1.54) is 31.8 Å². The Hall–Kier alpha value is -4.21. The smallest absolute Gasteiger partial charge is 0.407 e. The Labute approximate surface area is 202 Å². The number of ether oxygens (including phenoxy) is 1. The first kappa shape index (κ1) is 23.9. The van der Waals surface area contributed by atoms with E-state index < -0.39 is 23.5 Å². The molecule has 1 heterocycles. The van der Waals surface area contributed by atoms with Crippen molar-refractivity contribution in [2.75, 3.05) is 20.2 Å². The number of amides is 2. The molecule has 1 aromatic heterocycles. The lowest BCUT2D eigenvalue weighted by Gasteiger charge is -2.30. The van der Waals surface area contributed by atoms with Gasteiger partial charge in [-0.25, -0.2) is 14.3 Å². The molecule has 0 unspecified atom stereocenters. The number of hydrogen-bond donors (Lipinski definition) is 2. The lowest BCUT2D eigenvalue weighted by molar-refractivity contribution is -0.147. The second-order valence-corrected chi connectivity index (χ2v) is 8.85. The molecule has 0 radical (unpaired) electrons. The molecular formula is C25H27N5O5. The molecule has 0 aliphatic heterocycles. The maximum atomic E-state index is 12.5. The van der Waals surface area contributed by atoms with Crippen molar-refractivity contribution < 1.29 is 24.2 Å². The second-order valence-electron chi connectivity index (χ2n) is 8.85. The van der Waals surface area contributed by atoms with Gasteiger partial charge >= 0.3 is 12.1 Å². The molecule has 0 saturated carbocycles. The van der Waals surface area contributed by atoms with Crippen molar-refractivity contribution in [2.45, 2.75) is 31.8 Å². The minimum atomic E-state index is -1.40. The molecule has 2 amide bonds. The number of fused-ring (bicyclic) bond motifs is 3. The molecule has 0 atom stereocenters. The van der Waals surface area contributed by atoms with Crippen LogP contribution in [0.25, 0.3) is 11.1 Å². The van der Waals surface area contributed by atoms with Crippen molar-refractivity contribution in [3.8, 4) is 11.1 Å². The number of carboxylic acids is 1. The summed E-state index contributed by atoms with van der Waals surface area (Å²) in [6.07, 6.45) is 0.863. The molecular weight excluding hydrogens is 450 g/mol. The van der Waals surface area contributed by atoms with Gasteiger partial charge in [-0.1, -0.05) is 53.7 Å². The number of nitrogens with one attached hydrogen (secondary N) is 1. The van der Waals surface area contributed by atoms with E-state index in [4.69, 9.17) is 4.74 Å². The number of carboxylic acid groups (broad SMARTS) is 1. The SMILES string of the molecule is CN(C(=O)c1cn(CCNC(=O)OCC2c3ccccc3-c3ccccc32)nn1)C(C)(C)C(=O)O. The summed E-state index contributed by atoms with van der Waals surface area (Å²) in [7, 11) is 1.40. The number of aliphatic carboxylic acids is 1. The van der Waals surface area contributed by atoms with Crippen molar-refractivity contribution in [2.24, 2.45) is 0 Å². The highest BCUT2D eigenvalue weighted by Crippen LogP contribution is 2.44. The van der Waals surface area contributed by atoms with Crippen LogP contribution >= 0.6 is 0 Å². The molecule has 1 aliphatic rings. The van der Waals surface area contributed by atoms with Crippen LogP contribution in [0.5, 0.6) is 0 Å². The lowest BCUT2D eigenvalue weighted by Crippen LogP contribution is -2.50. The Kier molecular flexibility index (Phi) is 6.54. The van der Waals surface area contributed by atoms with E-state index in [2.05, 4.69) is 39.9 Å². The fourth-order valence-electron chi connectivity index (χ4n) is 4.00. The molecule has 10 nitrogen and oxygen atoms in total. The predicted octanol–water partition coefficient (Wildman–Crippen LogP) is 2.75. The molecule has 2 aromatic carbocycles. The maximum Gasteiger partial charge on any atom is 0.407 e. The normalized spacial score (nSPS) is 12.5. The number of benzene rings is 2. The minimum absolute atomic E-state index is 0.0166. The van der Waals surface area contributed by atoms with E-state index in [-0.39, 0.29) is 31.3 Å². The molecule has 35 heavy (non-hydrogen) atoms. The largest absolute Gasteiger partial charge is 0.480 e. The van der Waals surface area contributed by atoms with Crippen molar-refractivity contribution in [3.63, 3.8) is 0 Å². The summed E-state index contributed by atoms with van der Waals surface area (Å²) in [6, 6.07) is 16.2. The molecule has 0 spiro atoms. The number of hydrogen-bond acceptors (Lipinski definition) is 6. The number of alkyl carbamates (subject to hydrolysis) is 1. The highest BCUT2D eigenvalue weighted by Gasteiger charge is 2.36. The quantitative estimate of drug-likeness (QED) is 0.511. The van der Waals surface area contributed by atoms with Crippen LogP contribution in [0.15, 0.2) is 54.7 Å². The summed E-state index contributed by atoms with van der Waals surface area (Å²) in [5, 5.41) is 19.7. The van der Waals surface area contributed by atoms with Gasteiger partial charge in [-0.3, -0.25) is 4.79 Å². The monoisotopic (exact) mass is 477 g/mol. The second kappa shape index (κ2) is 9.57. The van der Waals surface area contributed by atoms with Crippen LogP contribution in [0.2, 0.25) is 0 Å². The zero-order valence-corrected chi connectivity index (χ0v) is 19.8. The van der Waals surface area contributed by atoms with Crippen LogP contribution in [-0.2, 0) is 16.1 Å². The molecule has 2 N–H and O–H groups in total. The maximum absolute atomic E-state index is 12.5. The summed E-state index contributed by atoms with van der Waals surface area (Å²) >= 11 is 0. The molecule has 0 fully saturated rings.